The lowest BCUT2D eigenvalue weighted by Crippen LogP contribution is -2.32. The number of nitrogens with one attached hydrogen (secondary N) is 1. The number of carbonyl (C=O) groups excluding carboxylic acids is 2. The number of imide groups is 1. The highest BCUT2D eigenvalue weighted by Crippen LogP contribution is 2.26. The molecule has 1 aliphatic rings. The van der Waals surface area contributed by atoms with Crippen molar-refractivity contribution in [2.45, 2.75) is 51.7 Å². The van der Waals surface area contributed by atoms with Crippen molar-refractivity contribution in [3.05, 3.63) is 28.0 Å². The van der Waals surface area contributed by atoms with Crippen molar-refractivity contribution in [1.29, 1.82) is 0 Å². The van der Waals surface area contributed by atoms with Crippen LogP contribution in [0.3, 0.4) is 0 Å². The number of thiazole rings is 1. The van der Waals surface area contributed by atoms with E-state index in [4.69, 9.17) is 4.74 Å². The fourth-order valence-electron chi connectivity index (χ4n) is 2.69. The molecule has 3 heterocycles. The standard InChI is InChI=1S/C17H24N6O3S/c1-17(2,3)15-18-12(10-27-15)9-23-14(24)13(19-16(23)25)7-11-8-22(21-20-11)5-6-26-4/h8,10,13H,5-7,9H2,1-4H3,(H,19,25)/t13-/m1/s1. The maximum absolute atomic E-state index is 12.7. The Kier molecular flexibility index (Phi) is 5.56. The molecule has 0 saturated carbocycles. The smallest absolute Gasteiger partial charge is 0.325 e. The Balaban J connectivity index is 1.63. The van der Waals surface area contributed by atoms with Gasteiger partial charge >= 0.3 is 6.03 Å². The average Bonchev–Trinajstić information content (AvgIpc) is 3.30. The Morgan fingerprint density at radius 3 is 2.74 bits per heavy atom. The van der Waals surface area contributed by atoms with Crippen LogP contribution in [-0.2, 0) is 34.5 Å². The SMILES string of the molecule is COCCn1cc(C[C@H]2NC(=O)N(Cc3csc(C(C)(C)C)n3)C2=O)nn1. The maximum Gasteiger partial charge on any atom is 0.325 e. The van der Waals surface area contributed by atoms with E-state index in [2.05, 4.69) is 41.4 Å². The van der Waals surface area contributed by atoms with E-state index in [0.29, 0.717) is 25.3 Å². The normalized spacial score (nSPS) is 17.6. The largest absolute Gasteiger partial charge is 0.383 e. The second kappa shape index (κ2) is 7.73. The van der Waals surface area contributed by atoms with Crippen molar-refractivity contribution < 1.29 is 14.3 Å². The Morgan fingerprint density at radius 1 is 1.30 bits per heavy atom. The second-order valence-electron chi connectivity index (χ2n) is 7.49. The fraction of sp³-hybridized carbons (Fsp3) is 0.588. The molecule has 1 saturated heterocycles. The number of methoxy groups -OCH3 is 1. The van der Waals surface area contributed by atoms with Gasteiger partial charge < -0.3 is 10.1 Å². The molecular weight excluding hydrogens is 368 g/mol. The van der Waals surface area contributed by atoms with Crippen LogP contribution < -0.4 is 5.32 Å². The van der Waals surface area contributed by atoms with E-state index in [1.165, 1.54) is 4.90 Å². The molecule has 146 valence electrons. The predicted octanol–water partition coefficient (Wildman–Crippen LogP) is 1.34. The highest BCUT2D eigenvalue weighted by molar-refractivity contribution is 7.09. The van der Waals surface area contributed by atoms with Gasteiger partial charge in [0.2, 0.25) is 0 Å². The van der Waals surface area contributed by atoms with Crippen LogP contribution in [0.15, 0.2) is 11.6 Å². The van der Waals surface area contributed by atoms with Crippen LogP contribution in [0.4, 0.5) is 4.79 Å². The minimum atomic E-state index is -0.634. The van der Waals surface area contributed by atoms with Crippen molar-refractivity contribution in [2.24, 2.45) is 0 Å². The number of amides is 3. The average molecular weight is 392 g/mol. The van der Waals surface area contributed by atoms with Crippen molar-refractivity contribution in [3.63, 3.8) is 0 Å². The van der Waals surface area contributed by atoms with E-state index >= 15 is 0 Å². The minimum absolute atomic E-state index is 0.0582. The Bertz CT molecular complexity index is 825. The summed E-state index contributed by atoms with van der Waals surface area (Å²) in [6.45, 7) is 7.53. The van der Waals surface area contributed by atoms with Gasteiger partial charge in [-0.1, -0.05) is 26.0 Å². The lowest BCUT2D eigenvalue weighted by molar-refractivity contribution is -0.127. The summed E-state index contributed by atoms with van der Waals surface area (Å²) in [5, 5.41) is 13.7. The lowest BCUT2D eigenvalue weighted by atomic mass is 9.98. The van der Waals surface area contributed by atoms with E-state index in [9.17, 15) is 9.59 Å². The zero-order valence-corrected chi connectivity index (χ0v) is 16.7. The molecule has 27 heavy (non-hydrogen) atoms. The molecule has 3 amide bonds. The van der Waals surface area contributed by atoms with Gasteiger partial charge in [-0.15, -0.1) is 16.4 Å². The van der Waals surface area contributed by atoms with Crippen molar-refractivity contribution in [1.82, 2.24) is 30.2 Å². The third-order valence-electron chi connectivity index (χ3n) is 4.14. The number of nitrogens with zero attached hydrogens (tertiary/aromatic N) is 5. The molecule has 2 aromatic heterocycles. The molecular formula is C17H24N6O3S. The van der Waals surface area contributed by atoms with E-state index in [0.717, 1.165) is 10.7 Å². The molecule has 1 fully saturated rings. The van der Waals surface area contributed by atoms with Gasteiger partial charge in [0.25, 0.3) is 5.91 Å². The first-order valence-electron chi connectivity index (χ1n) is 8.72. The predicted molar refractivity (Wildman–Crippen MR) is 99.3 cm³/mol. The second-order valence-corrected chi connectivity index (χ2v) is 8.35. The Labute approximate surface area is 161 Å². The van der Waals surface area contributed by atoms with Crippen LogP contribution in [0.5, 0.6) is 0 Å². The number of carbonyl (C=O) groups is 2. The van der Waals surface area contributed by atoms with E-state index in [1.54, 1.807) is 29.3 Å². The molecule has 0 aliphatic carbocycles. The number of ether oxygens (including phenoxy) is 1. The summed E-state index contributed by atoms with van der Waals surface area (Å²) in [5.41, 5.74) is 1.31. The van der Waals surface area contributed by atoms with Crippen molar-refractivity contribution in [2.75, 3.05) is 13.7 Å². The molecule has 1 N–H and O–H groups in total. The van der Waals surface area contributed by atoms with Crippen LogP contribution in [0.1, 0.15) is 37.2 Å². The molecule has 0 spiro atoms. The van der Waals surface area contributed by atoms with Crippen LogP contribution >= 0.6 is 11.3 Å². The van der Waals surface area contributed by atoms with E-state index < -0.39 is 12.1 Å². The van der Waals surface area contributed by atoms with Gasteiger partial charge in [-0.2, -0.15) is 0 Å². The highest BCUT2D eigenvalue weighted by Gasteiger charge is 2.38. The summed E-state index contributed by atoms with van der Waals surface area (Å²) in [4.78, 5) is 30.7. The molecule has 10 heteroatoms. The molecule has 1 atom stereocenters. The summed E-state index contributed by atoms with van der Waals surface area (Å²) in [5.74, 6) is -0.267. The molecule has 9 nitrogen and oxygen atoms in total. The summed E-state index contributed by atoms with van der Waals surface area (Å²) >= 11 is 1.54. The summed E-state index contributed by atoms with van der Waals surface area (Å²) in [6, 6.07) is -1.03. The molecule has 1 aliphatic heterocycles. The molecule has 0 aromatic carbocycles. The van der Waals surface area contributed by atoms with Gasteiger partial charge in [0.05, 0.1) is 36.1 Å². The zero-order chi connectivity index (χ0) is 19.6. The number of hydrogen-bond acceptors (Lipinski definition) is 7. The van der Waals surface area contributed by atoms with Gasteiger partial charge in [-0.25, -0.2) is 14.5 Å². The Morgan fingerprint density at radius 2 is 2.07 bits per heavy atom. The first-order chi connectivity index (χ1) is 12.8. The number of aromatic nitrogens is 4. The van der Waals surface area contributed by atoms with E-state index in [-0.39, 0.29) is 17.9 Å². The topological polar surface area (TPSA) is 102 Å². The van der Waals surface area contributed by atoms with Gasteiger partial charge in [0.1, 0.15) is 6.04 Å². The summed E-state index contributed by atoms with van der Waals surface area (Å²) < 4.78 is 6.66. The number of urea groups is 1. The van der Waals surface area contributed by atoms with Gasteiger partial charge in [-0.05, 0) is 0 Å². The number of rotatable bonds is 7. The lowest BCUT2D eigenvalue weighted by Gasteiger charge is -2.14. The fourth-order valence-corrected chi connectivity index (χ4v) is 3.58. The highest BCUT2D eigenvalue weighted by atomic mass is 32.1. The third kappa shape index (κ3) is 4.51. The van der Waals surface area contributed by atoms with Gasteiger partial charge in [-0.3, -0.25) is 9.69 Å². The monoisotopic (exact) mass is 392 g/mol. The van der Waals surface area contributed by atoms with Crippen molar-refractivity contribution in [3.8, 4) is 0 Å². The quantitative estimate of drug-likeness (QED) is 0.714. The van der Waals surface area contributed by atoms with Crippen molar-refractivity contribution >= 4 is 23.3 Å². The Hall–Kier alpha value is -2.33. The first-order valence-corrected chi connectivity index (χ1v) is 9.60. The summed E-state index contributed by atoms with van der Waals surface area (Å²) in [6.07, 6.45) is 2.06. The first kappa shape index (κ1) is 19.4. The minimum Gasteiger partial charge on any atom is -0.383 e. The van der Waals surface area contributed by atoms with Gasteiger partial charge in [0.15, 0.2) is 0 Å². The van der Waals surface area contributed by atoms with Crippen LogP contribution in [0, 0.1) is 0 Å². The van der Waals surface area contributed by atoms with E-state index in [1.807, 2.05) is 5.38 Å². The number of hydrogen-bond donors (Lipinski definition) is 1. The zero-order valence-electron chi connectivity index (χ0n) is 15.9. The molecule has 0 unspecified atom stereocenters. The molecule has 3 rings (SSSR count). The maximum atomic E-state index is 12.7. The van der Waals surface area contributed by atoms with Gasteiger partial charge in [0, 0.05) is 30.5 Å². The van der Waals surface area contributed by atoms with Crippen LogP contribution in [0.2, 0.25) is 0 Å². The molecule has 0 radical (unpaired) electrons. The van der Waals surface area contributed by atoms with Crippen LogP contribution in [-0.4, -0.2) is 56.6 Å². The molecule has 2 aromatic rings. The molecule has 0 bridgehead atoms. The summed E-state index contributed by atoms with van der Waals surface area (Å²) in [7, 11) is 1.62. The third-order valence-corrected chi connectivity index (χ3v) is 5.46. The van der Waals surface area contributed by atoms with Crippen LogP contribution in [0.25, 0.3) is 0 Å².